The van der Waals surface area contributed by atoms with Crippen molar-refractivity contribution in [3.8, 4) is 0 Å². The van der Waals surface area contributed by atoms with Crippen molar-refractivity contribution in [1.29, 1.82) is 0 Å². The van der Waals surface area contributed by atoms with Crippen LogP contribution in [0.1, 0.15) is 10.6 Å². The number of benzene rings is 1. The number of carbonyl (C=O) groups excluding carboxylic acids is 2. The zero-order valence-electron chi connectivity index (χ0n) is 9.00. The number of carbonyl (C=O) groups is 2. The smallest absolute Gasteiger partial charge is 0.286 e. The lowest BCUT2D eigenvalue weighted by Gasteiger charge is -2.01. The van der Waals surface area contributed by atoms with Gasteiger partial charge in [0.05, 0.1) is 0 Å². The number of halogens is 2. The number of primary amides is 1. The molecular formula is C11H8Cl2N2O3. The van der Waals surface area contributed by atoms with E-state index in [4.69, 9.17) is 33.4 Å². The Morgan fingerprint density at radius 3 is 2.72 bits per heavy atom. The molecule has 2 rings (SSSR count). The molecular weight excluding hydrogens is 279 g/mol. The van der Waals surface area contributed by atoms with Crippen molar-refractivity contribution >= 4 is 51.7 Å². The summed E-state index contributed by atoms with van der Waals surface area (Å²) >= 11 is 11.3. The van der Waals surface area contributed by atoms with Crippen LogP contribution in [-0.2, 0) is 4.79 Å². The third kappa shape index (κ3) is 2.27. The number of rotatable bonds is 3. The Kier molecular flexibility index (Phi) is 3.45. The fraction of sp³-hybridized carbons (Fsp3) is 0.0909. The van der Waals surface area contributed by atoms with Gasteiger partial charge in [-0.2, -0.15) is 0 Å². The molecule has 5 nitrogen and oxygen atoms in total. The number of nitrogens with two attached hydrogens (primary N) is 1. The average molecular weight is 287 g/mol. The third-order valence-electron chi connectivity index (χ3n) is 2.26. The molecule has 0 saturated carbocycles. The second-order valence-corrected chi connectivity index (χ2v) is 4.20. The fourth-order valence-corrected chi connectivity index (χ4v) is 1.78. The Bertz CT molecular complexity index is 636. The Labute approximate surface area is 112 Å². The molecule has 1 aromatic carbocycles. The van der Waals surface area contributed by atoms with E-state index in [1.165, 1.54) is 0 Å². The van der Waals surface area contributed by atoms with Gasteiger partial charge in [0.25, 0.3) is 5.91 Å². The third-order valence-corrected chi connectivity index (χ3v) is 2.74. The molecule has 1 aromatic heterocycles. The summed E-state index contributed by atoms with van der Waals surface area (Å²) in [6.07, 6.45) is 0. The van der Waals surface area contributed by atoms with Crippen molar-refractivity contribution in [2.75, 3.05) is 11.2 Å². The zero-order chi connectivity index (χ0) is 13.3. The first-order valence-electron chi connectivity index (χ1n) is 4.90. The molecule has 0 fully saturated rings. The van der Waals surface area contributed by atoms with E-state index in [9.17, 15) is 9.59 Å². The number of furan rings is 1. The van der Waals surface area contributed by atoms with E-state index in [0.717, 1.165) is 0 Å². The zero-order valence-corrected chi connectivity index (χ0v) is 10.5. The van der Waals surface area contributed by atoms with Gasteiger partial charge in [-0.1, -0.05) is 11.6 Å². The lowest BCUT2D eigenvalue weighted by Crippen LogP contribution is -2.17. The minimum Gasteiger partial charge on any atom is -0.449 e. The summed E-state index contributed by atoms with van der Waals surface area (Å²) in [4.78, 5) is 22.6. The molecule has 0 unspecified atom stereocenters. The van der Waals surface area contributed by atoms with E-state index in [2.05, 4.69) is 5.32 Å². The molecule has 2 amide bonds. The number of anilines is 1. The van der Waals surface area contributed by atoms with Crippen molar-refractivity contribution in [2.24, 2.45) is 5.73 Å². The first-order valence-corrected chi connectivity index (χ1v) is 5.82. The van der Waals surface area contributed by atoms with Gasteiger partial charge in [0, 0.05) is 10.4 Å². The van der Waals surface area contributed by atoms with Crippen LogP contribution in [-0.4, -0.2) is 17.7 Å². The molecule has 2 aromatic rings. The van der Waals surface area contributed by atoms with Crippen LogP contribution in [0.5, 0.6) is 0 Å². The molecule has 94 valence electrons. The summed E-state index contributed by atoms with van der Waals surface area (Å²) in [5.41, 5.74) is 5.77. The lowest BCUT2D eigenvalue weighted by atomic mass is 10.2. The molecule has 0 aliphatic carbocycles. The summed E-state index contributed by atoms with van der Waals surface area (Å²) < 4.78 is 5.27. The molecule has 18 heavy (non-hydrogen) atoms. The van der Waals surface area contributed by atoms with Gasteiger partial charge < -0.3 is 15.5 Å². The second-order valence-electron chi connectivity index (χ2n) is 3.49. The van der Waals surface area contributed by atoms with E-state index in [1.54, 1.807) is 18.2 Å². The standard InChI is InChI=1S/C11H8Cl2N2O3/c12-4-8(16)15-9-6-3-5(13)1-2-7(6)18-10(9)11(14)17/h1-3H,4H2,(H2,14,17)(H,15,16). The van der Waals surface area contributed by atoms with Crippen LogP contribution in [0.15, 0.2) is 22.6 Å². The summed E-state index contributed by atoms with van der Waals surface area (Å²) in [6, 6.07) is 4.75. The average Bonchev–Trinajstić information content (AvgIpc) is 2.67. The van der Waals surface area contributed by atoms with Crippen molar-refractivity contribution in [3.63, 3.8) is 0 Å². The molecule has 7 heteroatoms. The SMILES string of the molecule is NC(=O)c1oc2ccc(Cl)cc2c1NC(=O)CCl. The van der Waals surface area contributed by atoms with Crippen LogP contribution in [0, 0.1) is 0 Å². The first kappa shape index (κ1) is 12.7. The van der Waals surface area contributed by atoms with Gasteiger partial charge in [-0.05, 0) is 18.2 Å². The molecule has 0 atom stereocenters. The molecule has 0 aliphatic rings. The topological polar surface area (TPSA) is 85.3 Å². The molecule has 0 radical (unpaired) electrons. The monoisotopic (exact) mass is 286 g/mol. The minimum atomic E-state index is -0.785. The maximum absolute atomic E-state index is 11.3. The summed E-state index contributed by atoms with van der Waals surface area (Å²) in [7, 11) is 0. The van der Waals surface area contributed by atoms with Crippen molar-refractivity contribution in [1.82, 2.24) is 0 Å². The predicted molar refractivity (Wildman–Crippen MR) is 69.1 cm³/mol. The van der Waals surface area contributed by atoms with E-state index < -0.39 is 11.8 Å². The maximum atomic E-state index is 11.3. The molecule has 0 aliphatic heterocycles. The van der Waals surface area contributed by atoms with Gasteiger partial charge >= 0.3 is 0 Å². The van der Waals surface area contributed by atoms with Gasteiger partial charge in [0.15, 0.2) is 0 Å². The van der Waals surface area contributed by atoms with E-state index >= 15 is 0 Å². The van der Waals surface area contributed by atoms with Crippen LogP contribution >= 0.6 is 23.2 Å². The van der Waals surface area contributed by atoms with E-state index in [0.29, 0.717) is 16.0 Å². The quantitative estimate of drug-likeness (QED) is 0.850. The highest BCUT2D eigenvalue weighted by molar-refractivity contribution is 6.32. The normalized spacial score (nSPS) is 10.6. The van der Waals surface area contributed by atoms with E-state index in [-0.39, 0.29) is 17.3 Å². The van der Waals surface area contributed by atoms with Gasteiger partial charge in [0.2, 0.25) is 11.7 Å². The van der Waals surface area contributed by atoms with Gasteiger partial charge in [-0.25, -0.2) is 0 Å². The summed E-state index contributed by atoms with van der Waals surface area (Å²) in [5.74, 6) is -1.63. The maximum Gasteiger partial charge on any atom is 0.286 e. The fourth-order valence-electron chi connectivity index (χ4n) is 1.54. The highest BCUT2D eigenvalue weighted by Crippen LogP contribution is 2.32. The summed E-state index contributed by atoms with van der Waals surface area (Å²) in [6.45, 7) is 0. The number of hydrogen-bond donors (Lipinski definition) is 2. The molecule has 3 N–H and O–H groups in total. The number of amides is 2. The van der Waals surface area contributed by atoms with Crippen LogP contribution in [0.4, 0.5) is 5.69 Å². The van der Waals surface area contributed by atoms with Crippen molar-refractivity contribution in [3.05, 3.63) is 29.0 Å². The van der Waals surface area contributed by atoms with Gasteiger partial charge in [-0.3, -0.25) is 9.59 Å². The molecule has 1 heterocycles. The van der Waals surface area contributed by atoms with E-state index in [1.807, 2.05) is 0 Å². The number of alkyl halides is 1. The summed E-state index contributed by atoms with van der Waals surface area (Å²) in [5, 5.41) is 3.41. The Morgan fingerprint density at radius 2 is 2.11 bits per heavy atom. The van der Waals surface area contributed by atoms with Crippen LogP contribution in [0.25, 0.3) is 11.0 Å². The van der Waals surface area contributed by atoms with Crippen molar-refractivity contribution < 1.29 is 14.0 Å². The van der Waals surface area contributed by atoms with Crippen LogP contribution in [0.2, 0.25) is 5.02 Å². The number of fused-ring (bicyclic) bond motifs is 1. The Balaban J connectivity index is 2.64. The van der Waals surface area contributed by atoms with Crippen molar-refractivity contribution in [2.45, 2.75) is 0 Å². The molecule has 0 spiro atoms. The van der Waals surface area contributed by atoms with Crippen LogP contribution < -0.4 is 11.1 Å². The molecule has 0 saturated heterocycles. The van der Waals surface area contributed by atoms with Crippen LogP contribution in [0.3, 0.4) is 0 Å². The number of hydrogen-bond acceptors (Lipinski definition) is 3. The minimum absolute atomic E-state index is 0.134. The largest absolute Gasteiger partial charge is 0.449 e. The van der Waals surface area contributed by atoms with Gasteiger partial charge in [0.1, 0.15) is 17.2 Å². The lowest BCUT2D eigenvalue weighted by molar-refractivity contribution is -0.113. The predicted octanol–water partition coefficient (Wildman–Crippen LogP) is 2.36. The molecule has 0 bridgehead atoms. The van der Waals surface area contributed by atoms with Gasteiger partial charge in [-0.15, -0.1) is 11.6 Å². The number of nitrogens with one attached hydrogen (secondary N) is 1. The second kappa shape index (κ2) is 4.88. The highest BCUT2D eigenvalue weighted by atomic mass is 35.5. The first-order chi connectivity index (χ1) is 8.52. The Morgan fingerprint density at radius 1 is 1.39 bits per heavy atom. The Hall–Kier alpha value is -1.72. The highest BCUT2D eigenvalue weighted by Gasteiger charge is 2.20.